The van der Waals surface area contributed by atoms with Gasteiger partial charge in [-0.15, -0.1) is 0 Å². The number of aromatic nitrogens is 2. The van der Waals surface area contributed by atoms with Gasteiger partial charge in [0.05, 0.1) is 6.61 Å². The zero-order valence-electron chi connectivity index (χ0n) is 11.8. The molecule has 2 heterocycles. The molecular formula is C13H23N5O. The van der Waals surface area contributed by atoms with Crippen molar-refractivity contribution in [2.75, 3.05) is 55.9 Å². The summed E-state index contributed by atoms with van der Waals surface area (Å²) in [6.45, 7) is 3.47. The van der Waals surface area contributed by atoms with Gasteiger partial charge in [0.15, 0.2) is 11.6 Å². The number of nitrogen functional groups attached to an aromatic ring is 1. The number of piperidine rings is 1. The quantitative estimate of drug-likeness (QED) is 0.861. The summed E-state index contributed by atoms with van der Waals surface area (Å²) in [7, 11) is 3.66. The molecule has 106 valence electrons. The molecule has 1 saturated heterocycles. The molecule has 6 heteroatoms. The second kappa shape index (κ2) is 6.56. The summed E-state index contributed by atoms with van der Waals surface area (Å²) in [5.41, 5.74) is 6.91. The second-order valence-corrected chi connectivity index (χ2v) is 4.90. The van der Waals surface area contributed by atoms with Gasteiger partial charge in [-0.05, 0) is 19.3 Å². The summed E-state index contributed by atoms with van der Waals surface area (Å²) in [4.78, 5) is 12.9. The topological polar surface area (TPSA) is 67.5 Å². The molecule has 0 aliphatic carbocycles. The van der Waals surface area contributed by atoms with Crippen LogP contribution in [0.15, 0.2) is 6.33 Å². The van der Waals surface area contributed by atoms with Crippen LogP contribution >= 0.6 is 0 Å². The fourth-order valence-electron chi connectivity index (χ4n) is 2.37. The van der Waals surface area contributed by atoms with E-state index >= 15 is 0 Å². The van der Waals surface area contributed by atoms with Gasteiger partial charge in [-0.2, -0.15) is 0 Å². The number of nitrogens with zero attached hydrogens (tertiary/aromatic N) is 4. The molecule has 1 aromatic rings. The third-order valence-corrected chi connectivity index (χ3v) is 3.49. The molecular weight excluding hydrogens is 242 g/mol. The lowest BCUT2D eigenvalue weighted by Crippen LogP contribution is -2.32. The predicted octanol–water partition coefficient (Wildman–Crippen LogP) is 1.13. The number of anilines is 3. The van der Waals surface area contributed by atoms with Crippen LogP contribution in [0.5, 0.6) is 0 Å². The molecule has 0 unspecified atom stereocenters. The molecule has 6 nitrogen and oxygen atoms in total. The van der Waals surface area contributed by atoms with E-state index in [1.54, 1.807) is 13.4 Å². The summed E-state index contributed by atoms with van der Waals surface area (Å²) >= 11 is 0. The molecule has 0 radical (unpaired) electrons. The van der Waals surface area contributed by atoms with Crippen LogP contribution in [0.25, 0.3) is 0 Å². The number of methoxy groups -OCH3 is 1. The van der Waals surface area contributed by atoms with E-state index in [9.17, 15) is 0 Å². The van der Waals surface area contributed by atoms with E-state index in [0.717, 1.165) is 31.3 Å². The number of ether oxygens (including phenoxy) is 1. The monoisotopic (exact) mass is 265 g/mol. The van der Waals surface area contributed by atoms with Crippen molar-refractivity contribution in [3.05, 3.63) is 6.33 Å². The Morgan fingerprint density at radius 2 is 2.05 bits per heavy atom. The third-order valence-electron chi connectivity index (χ3n) is 3.49. The molecule has 2 rings (SSSR count). The smallest absolute Gasteiger partial charge is 0.157 e. The van der Waals surface area contributed by atoms with Gasteiger partial charge in [0.1, 0.15) is 12.0 Å². The van der Waals surface area contributed by atoms with E-state index in [1.807, 2.05) is 11.9 Å². The average Bonchev–Trinajstić information content (AvgIpc) is 2.46. The average molecular weight is 265 g/mol. The highest BCUT2D eigenvalue weighted by atomic mass is 16.5. The first-order chi connectivity index (χ1) is 9.24. The maximum Gasteiger partial charge on any atom is 0.157 e. The highest BCUT2D eigenvalue weighted by molar-refractivity contribution is 5.75. The summed E-state index contributed by atoms with van der Waals surface area (Å²) in [5, 5.41) is 0. The van der Waals surface area contributed by atoms with Crippen LogP contribution in [0.3, 0.4) is 0 Å². The van der Waals surface area contributed by atoms with Gasteiger partial charge in [-0.1, -0.05) is 0 Å². The van der Waals surface area contributed by atoms with Crippen molar-refractivity contribution in [3.8, 4) is 0 Å². The Kier molecular flexibility index (Phi) is 4.79. The standard InChI is InChI=1S/C13H23N5O/c1-17(8-9-19-2)12-11(14)13(16-10-15-12)18-6-4-3-5-7-18/h10H,3-9,14H2,1-2H3. The molecule has 1 aromatic heterocycles. The molecule has 0 amide bonds. The Balaban J connectivity index is 2.16. The first-order valence-corrected chi connectivity index (χ1v) is 6.79. The molecule has 0 saturated carbocycles. The van der Waals surface area contributed by atoms with E-state index in [-0.39, 0.29) is 0 Å². The maximum absolute atomic E-state index is 6.24. The first-order valence-electron chi connectivity index (χ1n) is 6.79. The van der Waals surface area contributed by atoms with Crippen molar-refractivity contribution < 1.29 is 4.74 Å². The van der Waals surface area contributed by atoms with Gasteiger partial charge in [-0.25, -0.2) is 9.97 Å². The summed E-state index contributed by atoms with van der Waals surface area (Å²) in [5.74, 6) is 1.65. The van der Waals surface area contributed by atoms with Crippen molar-refractivity contribution in [2.24, 2.45) is 0 Å². The molecule has 0 atom stereocenters. The van der Waals surface area contributed by atoms with Gasteiger partial charge in [0.2, 0.25) is 0 Å². The minimum Gasteiger partial charge on any atom is -0.393 e. The number of nitrogens with two attached hydrogens (primary N) is 1. The lowest BCUT2D eigenvalue weighted by molar-refractivity contribution is 0.206. The SMILES string of the molecule is COCCN(C)c1ncnc(N2CCCCC2)c1N. The van der Waals surface area contributed by atoms with Crippen molar-refractivity contribution in [1.29, 1.82) is 0 Å². The molecule has 0 aromatic carbocycles. The van der Waals surface area contributed by atoms with E-state index < -0.39 is 0 Å². The predicted molar refractivity (Wildman–Crippen MR) is 77.7 cm³/mol. The molecule has 1 aliphatic heterocycles. The molecule has 2 N–H and O–H groups in total. The Labute approximate surface area is 114 Å². The zero-order valence-corrected chi connectivity index (χ0v) is 11.8. The second-order valence-electron chi connectivity index (χ2n) is 4.90. The van der Waals surface area contributed by atoms with Crippen molar-refractivity contribution in [2.45, 2.75) is 19.3 Å². The minimum absolute atomic E-state index is 0.652. The Hall–Kier alpha value is -1.56. The number of likely N-dealkylation sites (N-methyl/N-ethyl adjacent to an activating group) is 1. The first kappa shape index (κ1) is 13.9. The minimum atomic E-state index is 0.652. The number of hydrogen-bond donors (Lipinski definition) is 1. The molecule has 0 bridgehead atoms. The van der Waals surface area contributed by atoms with Gasteiger partial charge in [0, 0.05) is 33.8 Å². The van der Waals surface area contributed by atoms with Gasteiger partial charge in [0.25, 0.3) is 0 Å². The number of rotatable bonds is 5. The third kappa shape index (κ3) is 3.26. The van der Waals surface area contributed by atoms with Crippen LogP contribution in [0.2, 0.25) is 0 Å². The van der Waals surface area contributed by atoms with E-state index in [1.165, 1.54) is 19.3 Å². The van der Waals surface area contributed by atoms with Gasteiger partial charge in [-0.3, -0.25) is 0 Å². The van der Waals surface area contributed by atoms with Crippen LogP contribution in [0.1, 0.15) is 19.3 Å². The summed E-state index contributed by atoms with van der Waals surface area (Å²) in [6, 6.07) is 0. The van der Waals surface area contributed by atoms with Crippen molar-refractivity contribution in [3.63, 3.8) is 0 Å². The highest BCUT2D eigenvalue weighted by Crippen LogP contribution is 2.29. The van der Waals surface area contributed by atoms with Crippen LogP contribution in [-0.2, 0) is 4.74 Å². The summed E-state index contributed by atoms with van der Waals surface area (Å²) < 4.78 is 5.08. The van der Waals surface area contributed by atoms with Gasteiger partial charge < -0.3 is 20.3 Å². The van der Waals surface area contributed by atoms with Crippen LogP contribution in [0.4, 0.5) is 17.3 Å². The molecule has 19 heavy (non-hydrogen) atoms. The van der Waals surface area contributed by atoms with Crippen LogP contribution in [-0.4, -0.2) is 50.4 Å². The normalized spacial score (nSPS) is 15.6. The van der Waals surface area contributed by atoms with Crippen LogP contribution < -0.4 is 15.5 Å². The molecule has 0 spiro atoms. The van der Waals surface area contributed by atoms with E-state index in [2.05, 4.69) is 14.9 Å². The van der Waals surface area contributed by atoms with Crippen molar-refractivity contribution in [1.82, 2.24) is 9.97 Å². The molecule has 1 aliphatic rings. The number of hydrogen-bond acceptors (Lipinski definition) is 6. The van der Waals surface area contributed by atoms with E-state index in [4.69, 9.17) is 10.5 Å². The van der Waals surface area contributed by atoms with Crippen molar-refractivity contribution >= 4 is 17.3 Å². The highest BCUT2D eigenvalue weighted by Gasteiger charge is 2.18. The Bertz CT molecular complexity index is 406. The maximum atomic E-state index is 6.24. The van der Waals surface area contributed by atoms with E-state index in [0.29, 0.717) is 12.3 Å². The Morgan fingerprint density at radius 1 is 1.32 bits per heavy atom. The largest absolute Gasteiger partial charge is 0.393 e. The molecule has 1 fully saturated rings. The Morgan fingerprint density at radius 3 is 2.74 bits per heavy atom. The lowest BCUT2D eigenvalue weighted by Gasteiger charge is -2.30. The fourth-order valence-corrected chi connectivity index (χ4v) is 2.37. The van der Waals surface area contributed by atoms with Crippen LogP contribution in [0, 0.1) is 0 Å². The zero-order chi connectivity index (χ0) is 13.7. The summed E-state index contributed by atoms with van der Waals surface area (Å²) in [6.07, 6.45) is 5.30. The van der Waals surface area contributed by atoms with Gasteiger partial charge >= 0.3 is 0 Å². The fraction of sp³-hybridized carbons (Fsp3) is 0.692. The lowest BCUT2D eigenvalue weighted by atomic mass is 10.1.